The maximum absolute atomic E-state index is 12.4. The van der Waals surface area contributed by atoms with Crippen LogP contribution < -0.4 is 5.32 Å². The molecule has 0 saturated heterocycles. The molecule has 0 unspecified atom stereocenters. The molecule has 0 spiro atoms. The van der Waals surface area contributed by atoms with Crippen molar-refractivity contribution in [3.05, 3.63) is 77.9 Å². The second kappa shape index (κ2) is 7.83. The zero-order valence-electron chi connectivity index (χ0n) is 14.9. The average molecular weight is 347 g/mol. The highest BCUT2D eigenvalue weighted by atomic mass is 16.5. The Morgan fingerprint density at radius 3 is 2.35 bits per heavy atom. The summed E-state index contributed by atoms with van der Waals surface area (Å²) in [5.41, 5.74) is 2.10. The number of hydrogen-bond acceptors (Lipinski definition) is 3. The van der Waals surface area contributed by atoms with Gasteiger partial charge in [0.1, 0.15) is 0 Å². The third-order valence-electron chi connectivity index (χ3n) is 3.98. The number of carbonyl (C=O) groups excluding carboxylic acids is 2. The van der Waals surface area contributed by atoms with Crippen molar-refractivity contribution in [3.8, 4) is 0 Å². The monoisotopic (exact) mass is 347 g/mol. The first-order valence-corrected chi connectivity index (χ1v) is 8.60. The zero-order valence-corrected chi connectivity index (χ0v) is 14.9. The van der Waals surface area contributed by atoms with Crippen LogP contribution in [0.2, 0.25) is 0 Å². The number of hydrogen-bond donors (Lipinski definition) is 1. The number of amides is 1. The lowest BCUT2D eigenvalue weighted by Crippen LogP contribution is -2.15. The van der Waals surface area contributed by atoms with Crippen molar-refractivity contribution in [2.45, 2.75) is 26.4 Å². The number of nitrogens with one attached hydrogen (secondary N) is 1. The predicted molar refractivity (Wildman–Crippen MR) is 103 cm³/mol. The fourth-order valence-corrected chi connectivity index (χ4v) is 2.80. The van der Waals surface area contributed by atoms with E-state index < -0.39 is 0 Å². The van der Waals surface area contributed by atoms with Gasteiger partial charge in [0.15, 0.2) is 0 Å². The second-order valence-electron chi connectivity index (χ2n) is 6.39. The lowest BCUT2D eigenvalue weighted by atomic mass is 10.0. The highest BCUT2D eigenvalue weighted by molar-refractivity contribution is 5.97. The van der Waals surface area contributed by atoms with Crippen LogP contribution in [-0.4, -0.2) is 18.0 Å². The summed E-state index contributed by atoms with van der Waals surface area (Å²) < 4.78 is 5.15. The van der Waals surface area contributed by atoms with Crippen molar-refractivity contribution < 1.29 is 14.3 Å². The van der Waals surface area contributed by atoms with Gasteiger partial charge in [-0.15, -0.1) is 0 Å². The van der Waals surface area contributed by atoms with Gasteiger partial charge in [0.05, 0.1) is 18.1 Å². The van der Waals surface area contributed by atoms with Crippen LogP contribution in [-0.2, 0) is 16.0 Å². The van der Waals surface area contributed by atoms with E-state index in [0.717, 1.165) is 16.3 Å². The molecular weight excluding hydrogens is 326 g/mol. The van der Waals surface area contributed by atoms with E-state index in [0.29, 0.717) is 17.7 Å². The molecule has 0 bridgehead atoms. The van der Waals surface area contributed by atoms with E-state index in [-0.39, 0.29) is 18.0 Å². The van der Waals surface area contributed by atoms with Crippen LogP contribution in [0.25, 0.3) is 10.8 Å². The van der Waals surface area contributed by atoms with Crippen molar-refractivity contribution in [2.75, 3.05) is 5.32 Å². The fraction of sp³-hybridized carbons (Fsp3) is 0.182. The molecule has 0 aliphatic rings. The van der Waals surface area contributed by atoms with Crippen LogP contribution in [0.5, 0.6) is 0 Å². The molecule has 3 aromatic rings. The van der Waals surface area contributed by atoms with Gasteiger partial charge >= 0.3 is 5.97 Å². The minimum Gasteiger partial charge on any atom is -0.459 e. The molecular formula is C22H21NO3. The fourth-order valence-electron chi connectivity index (χ4n) is 2.80. The van der Waals surface area contributed by atoms with E-state index in [9.17, 15) is 9.59 Å². The Bertz CT molecular complexity index is 924. The third kappa shape index (κ3) is 4.28. The SMILES string of the molecule is CC(C)OC(=O)c1ccc(NC(=O)Cc2cccc3ccccc23)cc1. The predicted octanol–water partition coefficient (Wildman–Crippen LogP) is 4.59. The number of carbonyl (C=O) groups is 2. The first-order chi connectivity index (χ1) is 12.5. The standard InChI is InChI=1S/C22H21NO3/c1-15(2)26-22(25)17-10-12-19(13-11-17)23-21(24)14-18-8-5-7-16-6-3-4-9-20(16)18/h3-13,15H,14H2,1-2H3,(H,23,24). The smallest absolute Gasteiger partial charge is 0.338 e. The van der Waals surface area contributed by atoms with Crippen molar-refractivity contribution >= 4 is 28.3 Å². The summed E-state index contributed by atoms with van der Waals surface area (Å²) >= 11 is 0. The van der Waals surface area contributed by atoms with E-state index >= 15 is 0 Å². The Morgan fingerprint density at radius 1 is 0.923 bits per heavy atom. The number of rotatable bonds is 5. The summed E-state index contributed by atoms with van der Waals surface area (Å²) in [6.45, 7) is 3.61. The Hall–Kier alpha value is -3.14. The van der Waals surface area contributed by atoms with E-state index in [1.165, 1.54) is 0 Å². The van der Waals surface area contributed by atoms with E-state index in [4.69, 9.17) is 4.74 Å². The van der Waals surface area contributed by atoms with E-state index in [1.54, 1.807) is 38.1 Å². The van der Waals surface area contributed by atoms with Gasteiger partial charge in [-0.2, -0.15) is 0 Å². The van der Waals surface area contributed by atoms with Crippen LogP contribution >= 0.6 is 0 Å². The Kier molecular flexibility index (Phi) is 5.32. The summed E-state index contributed by atoms with van der Waals surface area (Å²) in [5, 5.41) is 5.07. The van der Waals surface area contributed by atoms with Crippen molar-refractivity contribution in [1.29, 1.82) is 0 Å². The lowest BCUT2D eigenvalue weighted by molar-refractivity contribution is -0.115. The topological polar surface area (TPSA) is 55.4 Å². The lowest BCUT2D eigenvalue weighted by Gasteiger charge is -2.10. The number of fused-ring (bicyclic) bond motifs is 1. The largest absolute Gasteiger partial charge is 0.459 e. The van der Waals surface area contributed by atoms with Crippen LogP contribution in [0, 0.1) is 0 Å². The second-order valence-corrected chi connectivity index (χ2v) is 6.39. The quantitative estimate of drug-likeness (QED) is 0.687. The van der Waals surface area contributed by atoms with Gasteiger partial charge in [-0.05, 0) is 54.4 Å². The number of esters is 1. The summed E-state index contributed by atoms with van der Waals surface area (Å²) in [7, 11) is 0. The minimum atomic E-state index is -0.367. The maximum Gasteiger partial charge on any atom is 0.338 e. The maximum atomic E-state index is 12.4. The molecule has 4 heteroatoms. The minimum absolute atomic E-state index is 0.0983. The number of anilines is 1. The highest BCUT2D eigenvalue weighted by Gasteiger charge is 2.10. The molecule has 26 heavy (non-hydrogen) atoms. The van der Waals surface area contributed by atoms with E-state index in [2.05, 4.69) is 5.32 Å². The van der Waals surface area contributed by atoms with Gasteiger partial charge < -0.3 is 10.1 Å². The summed E-state index contributed by atoms with van der Waals surface area (Å²) in [5.74, 6) is -0.465. The van der Waals surface area contributed by atoms with Gasteiger partial charge in [-0.1, -0.05) is 42.5 Å². The molecule has 3 rings (SSSR count). The summed E-state index contributed by atoms with van der Waals surface area (Å²) in [6, 6.07) is 20.7. The molecule has 0 aliphatic carbocycles. The van der Waals surface area contributed by atoms with Gasteiger partial charge in [0, 0.05) is 5.69 Å². The molecule has 0 atom stereocenters. The van der Waals surface area contributed by atoms with Crippen molar-refractivity contribution in [1.82, 2.24) is 0 Å². The molecule has 4 nitrogen and oxygen atoms in total. The summed E-state index contributed by atoms with van der Waals surface area (Å²) in [4.78, 5) is 24.2. The molecule has 1 amide bonds. The molecule has 0 saturated carbocycles. The number of ether oxygens (including phenoxy) is 1. The molecule has 0 aliphatic heterocycles. The molecule has 3 aromatic carbocycles. The van der Waals surface area contributed by atoms with Crippen LogP contribution in [0.3, 0.4) is 0 Å². The van der Waals surface area contributed by atoms with Gasteiger partial charge in [-0.25, -0.2) is 4.79 Å². The van der Waals surface area contributed by atoms with Crippen molar-refractivity contribution in [3.63, 3.8) is 0 Å². The number of benzene rings is 3. The first-order valence-electron chi connectivity index (χ1n) is 8.60. The molecule has 0 radical (unpaired) electrons. The summed E-state index contributed by atoms with van der Waals surface area (Å²) in [6.07, 6.45) is 0.126. The van der Waals surface area contributed by atoms with Gasteiger partial charge in [-0.3, -0.25) is 4.79 Å². The molecule has 1 N–H and O–H groups in total. The first kappa shape index (κ1) is 17.7. The Morgan fingerprint density at radius 2 is 1.62 bits per heavy atom. The van der Waals surface area contributed by atoms with E-state index in [1.807, 2.05) is 42.5 Å². The highest BCUT2D eigenvalue weighted by Crippen LogP contribution is 2.19. The third-order valence-corrected chi connectivity index (χ3v) is 3.98. The molecule has 0 fully saturated rings. The van der Waals surface area contributed by atoms with Crippen LogP contribution in [0.4, 0.5) is 5.69 Å². The van der Waals surface area contributed by atoms with Crippen LogP contribution in [0.1, 0.15) is 29.8 Å². The normalized spacial score (nSPS) is 10.7. The van der Waals surface area contributed by atoms with Gasteiger partial charge in [0.2, 0.25) is 5.91 Å². The average Bonchev–Trinajstić information content (AvgIpc) is 2.62. The van der Waals surface area contributed by atoms with Crippen LogP contribution in [0.15, 0.2) is 66.7 Å². The molecule has 0 heterocycles. The zero-order chi connectivity index (χ0) is 18.5. The Labute approximate surface area is 152 Å². The van der Waals surface area contributed by atoms with Gasteiger partial charge in [0.25, 0.3) is 0 Å². The Balaban J connectivity index is 1.67. The molecule has 0 aromatic heterocycles. The van der Waals surface area contributed by atoms with Crippen molar-refractivity contribution in [2.24, 2.45) is 0 Å². The molecule has 132 valence electrons.